The Kier molecular flexibility index (Phi) is 9.18. The molecule has 3 atom stereocenters. The number of carbonyl (C=O) groups excluding carboxylic acids is 2. The lowest BCUT2D eigenvalue weighted by atomic mass is 10.1. The van der Waals surface area contributed by atoms with E-state index in [1.165, 1.54) is 25.7 Å². The molecule has 22 heavy (non-hydrogen) atoms. The summed E-state index contributed by atoms with van der Waals surface area (Å²) in [5, 5.41) is 24.8. The minimum atomic E-state index is -1.17. The van der Waals surface area contributed by atoms with E-state index in [0.29, 0.717) is 0 Å². The number of carboxylic acids is 2. The molecule has 0 rings (SSSR count). The van der Waals surface area contributed by atoms with Gasteiger partial charge in [0.05, 0.1) is 12.5 Å². The van der Waals surface area contributed by atoms with E-state index in [9.17, 15) is 19.2 Å². The monoisotopic (exact) mass is 335 g/mol. The van der Waals surface area contributed by atoms with Gasteiger partial charge in [-0.1, -0.05) is 0 Å². The second-order valence-corrected chi connectivity index (χ2v) is 5.43. The van der Waals surface area contributed by atoms with Crippen LogP contribution in [0.2, 0.25) is 0 Å². The maximum atomic E-state index is 11.9. The van der Waals surface area contributed by atoms with E-state index in [1.54, 1.807) is 6.26 Å². The Balaban J connectivity index is 4.59. The van der Waals surface area contributed by atoms with Crippen LogP contribution in [0, 0.1) is 0 Å². The Hall–Kier alpha value is -1.81. The van der Waals surface area contributed by atoms with Gasteiger partial charge in [0.15, 0.2) is 0 Å². The predicted molar refractivity (Wildman–Crippen MR) is 80.7 cm³/mol. The van der Waals surface area contributed by atoms with Crippen molar-refractivity contribution in [1.29, 1.82) is 0 Å². The lowest BCUT2D eigenvalue weighted by Gasteiger charge is -2.20. The van der Waals surface area contributed by atoms with Crippen LogP contribution in [0.1, 0.15) is 13.3 Å². The van der Waals surface area contributed by atoms with E-state index >= 15 is 0 Å². The van der Waals surface area contributed by atoms with Crippen molar-refractivity contribution < 1.29 is 29.4 Å². The molecule has 0 spiro atoms. The fourth-order valence-corrected chi connectivity index (χ4v) is 2.08. The summed E-state index contributed by atoms with van der Waals surface area (Å²) in [4.78, 5) is 45.3. The number of rotatable bonds is 10. The second-order valence-electron chi connectivity index (χ2n) is 4.52. The van der Waals surface area contributed by atoms with Gasteiger partial charge in [-0.25, -0.2) is 4.79 Å². The highest BCUT2D eigenvalue weighted by molar-refractivity contribution is 7.98. The molecule has 0 aliphatic heterocycles. The quantitative estimate of drug-likeness (QED) is 0.324. The Morgan fingerprint density at radius 2 is 1.64 bits per heavy atom. The zero-order valence-electron chi connectivity index (χ0n) is 12.6. The van der Waals surface area contributed by atoms with Crippen LogP contribution in [0.3, 0.4) is 0 Å². The average molecular weight is 335 g/mol. The molecule has 0 saturated carbocycles. The van der Waals surface area contributed by atoms with Crippen LogP contribution in [0.25, 0.3) is 0 Å². The van der Waals surface area contributed by atoms with Gasteiger partial charge in [0.2, 0.25) is 11.8 Å². The lowest BCUT2D eigenvalue weighted by molar-refractivity contribution is -0.142. The first-order valence-corrected chi connectivity index (χ1v) is 7.83. The normalized spacial score (nSPS) is 14.5. The van der Waals surface area contributed by atoms with Crippen LogP contribution < -0.4 is 16.0 Å². The van der Waals surface area contributed by atoms with Gasteiger partial charge in [-0.05, 0) is 20.2 Å². The van der Waals surface area contributed by atoms with Gasteiger partial charge in [0.25, 0.3) is 0 Å². The number of amides is 2. The highest BCUT2D eigenvalue weighted by Gasteiger charge is 2.26. The van der Waals surface area contributed by atoms with Crippen LogP contribution in [-0.4, -0.2) is 71.1 Å². The molecule has 0 saturated heterocycles. The van der Waals surface area contributed by atoms with Gasteiger partial charge in [-0.3, -0.25) is 14.4 Å². The molecule has 10 heteroatoms. The number of hydrogen-bond acceptors (Lipinski definition) is 6. The van der Waals surface area contributed by atoms with Crippen LogP contribution in [0.5, 0.6) is 0 Å². The van der Waals surface area contributed by atoms with Gasteiger partial charge in [0.1, 0.15) is 12.1 Å². The van der Waals surface area contributed by atoms with E-state index in [4.69, 9.17) is 10.2 Å². The minimum absolute atomic E-state index is 0.194. The van der Waals surface area contributed by atoms with E-state index in [0.717, 1.165) is 0 Å². The average Bonchev–Trinajstić information content (AvgIpc) is 2.43. The molecular formula is C12H21N3O6S. The summed E-state index contributed by atoms with van der Waals surface area (Å²) in [5.41, 5.74) is 0. The molecule has 5 N–H and O–H groups in total. The van der Waals surface area contributed by atoms with Crippen molar-refractivity contribution >= 4 is 35.5 Å². The van der Waals surface area contributed by atoms with Crippen molar-refractivity contribution in [2.75, 3.05) is 19.1 Å². The summed E-state index contributed by atoms with van der Waals surface area (Å²) in [5.74, 6) is -3.43. The van der Waals surface area contributed by atoms with Crippen molar-refractivity contribution in [3.05, 3.63) is 0 Å². The highest BCUT2D eigenvalue weighted by Crippen LogP contribution is 1.99. The number of carbonyl (C=O) groups is 4. The van der Waals surface area contributed by atoms with Crippen molar-refractivity contribution in [3.8, 4) is 0 Å². The van der Waals surface area contributed by atoms with Gasteiger partial charge in [-0.15, -0.1) is 0 Å². The predicted octanol–water partition coefficient (Wildman–Crippen LogP) is -1.51. The first-order chi connectivity index (χ1) is 10.2. The number of carboxylic acid groups (broad SMARTS) is 2. The van der Waals surface area contributed by atoms with E-state index < -0.39 is 48.3 Å². The molecule has 1 unspecified atom stereocenters. The summed E-state index contributed by atoms with van der Waals surface area (Å²) in [6, 6.07) is -3.02. The van der Waals surface area contributed by atoms with Gasteiger partial charge in [0, 0.05) is 5.75 Å². The summed E-state index contributed by atoms with van der Waals surface area (Å²) in [7, 11) is 1.43. The SMILES string of the molecule is CN[C@H](CC(=O)O)C(=O)NC(C)C(=O)N[C@H](CSC)C(=O)O. The van der Waals surface area contributed by atoms with E-state index in [1.807, 2.05) is 0 Å². The fraction of sp³-hybridized carbons (Fsp3) is 0.667. The molecule has 2 amide bonds. The summed E-state index contributed by atoms with van der Waals surface area (Å²) in [6.07, 6.45) is 1.28. The molecule has 0 aliphatic rings. The summed E-state index contributed by atoms with van der Waals surface area (Å²) < 4.78 is 0. The maximum absolute atomic E-state index is 11.9. The second kappa shape index (κ2) is 10.0. The third kappa shape index (κ3) is 7.27. The van der Waals surface area contributed by atoms with Gasteiger partial charge < -0.3 is 26.2 Å². The Morgan fingerprint density at radius 1 is 1.05 bits per heavy atom. The van der Waals surface area contributed by atoms with Crippen LogP contribution >= 0.6 is 11.8 Å². The fourth-order valence-electron chi connectivity index (χ4n) is 1.52. The molecule has 0 aliphatic carbocycles. The molecule has 0 aromatic rings. The Bertz CT molecular complexity index is 431. The lowest BCUT2D eigenvalue weighted by Crippen LogP contribution is -2.54. The molecular weight excluding hydrogens is 314 g/mol. The molecule has 0 radical (unpaired) electrons. The zero-order valence-corrected chi connectivity index (χ0v) is 13.4. The van der Waals surface area contributed by atoms with Crippen molar-refractivity contribution in [2.24, 2.45) is 0 Å². The van der Waals surface area contributed by atoms with Crippen molar-refractivity contribution in [1.82, 2.24) is 16.0 Å². The Labute approximate surface area is 132 Å². The number of hydrogen-bond donors (Lipinski definition) is 5. The minimum Gasteiger partial charge on any atom is -0.481 e. The molecule has 9 nitrogen and oxygen atoms in total. The van der Waals surface area contributed by atoms with Crippen LogP contribution in [0.4, 0.5) is 0 Å². The van der Waals surface area contributed by atoms with Crippen molar-refractivity contribution in [2.45, 2.75) is 31.5 Å². The molecule has 0 fully saturated rings. The van der Waals surface area contributed by atoms with Gasteiger partial charge in [-0.2, -0.15) is 11.8 Å². The topological polar surface area (TPSA) is 145 Å². The Morgan fingerprint density at radius 3 is 2.05 bits per heavy atom. The van der Waals surface area contributed by atoms with E-state index in [-0.39, 0.29) is 5.75 Å². The van der Waals surface area contributed by atoms with Crippen LogP contribution in [0.15, 0.2) is 0 Å². The number of thioether (sulfide) groups is 1. The molecule has 0 aromatic heterocycles. The molecule has 126 valence electrons. The van der Waals surface area contributed by atoms with Crippen molar-refractivity contribution in [3.63, 3.8) is 0 Å². The maximum Gasteiger partial charge on any atom is 0.327 e. The van der Waals surface area contributed by atoms with E-state index in [2.05, 4.69) is 16.0 Å². The molecule has 0 heterocycles. The third-order valence-electron chi connectivity index (χ3n) is 2.74. The highest BCUT2D eigenvalue weighted by atomic mass is 32.2. The number of nitrogens with one attached hydrogen (secondary N) is 3. The third-order valence-corrected chi connectivity index (χ3v) is 3.41. The van der Waals surface area contributed by atoms with Gasteiger partial charge >= 0.3 is 11.9 Å². The zero-order chi connectivity index (χ0) is 17.3. The first-order valence-electron chi connectivity index (χ1n) is 6.44. The summed E-state index contributed by atoms with van der Waals surface area (Å²) in [6.45, 7) is 1.39. The smallest absolute Gasteiger partial charge is 0.327 e. The molecule has 0 bridgehead atoms. The number of likely N-dealkylation sites (N-methyl/N-ethyl adjacent to an activating group) is 1. The largest absolute Gasteiger partial charge is 0.481 e. The van der Waals surface area contributed by atoms with Crippen LogP contribution in [-0.2, 0) is 19.2 Å². The number of aliphatic carboxylic acids is 2. The standard InChI is InChI=1S/C12H21N3O6S/c1-6(10(18)15-8(5-22-3)12(20)21)14-11(19)7(13-2)4-9(16)17/h6-8,13H,4-5H2,1-3H3,(H,14,19)(H,15,18)(H,16,17)(H,20,21)/t6?,7-,8-/m1/s1. The molecule has 0 aromatic carbocycles. The first kappa shape index (κ1) is 20.2. The summed E-state index contributed by atoms with van der Waals surface area (Å²) >= 11 is 1.26.